The molecule has 2 aromatic carbocycles. The monoisotopic (exact) mass is 569 g/mol. The normalized spacial score (nSPS) is 11.1. The van der Waals surface area contributed by atoms with E-state index in [-0.39, 0.29) is 12.3 Å². The number of nitrogens with one attached hydrogen (secondary N) is 1. The first-order valence-electron chi connectivity index (χ1n) is 14.9. The maximum atomic E-state index is 12.7. The molecule has 1 amide bonds. The number of thiazole rings is 1. The fourth-order valence-electron chi connectivity index (χ4n) is 4.79. The predicted octanol–water partition coefficient (Wildman–Crippen LogP) is 9.64. The Kier molecular flexibility index (Phi) is 14.4. The number of carbonyl (C=O) groups is 1. The molecule has 1 aromatic heterocycles. The summed E-state index contributed by atoms with van der Waals surface area (Å²) in [5.74, 6) is 0.675. The van der Waals surface area contributed by atoms with E-state index in [1.54, 1.807) is 11.3 Å². The van der Waals surface area contributed by atoms with E-state index in [0.29, 0.717) is 11.6 Å². The summed E-state index contributed by atoms with van der Waals surface area (Å²) in [4.78, 5) is 12.7. The quantitative estimate of drug-likeness (QED) is 0.115. The van der Waals surface area contributed by atoms with Crippen molar-refractivity contribution < 1.29 is 14.1 Å². The first kappa shape index (κ1) is 31.2. The fourth-order valence-corrected chi connectivity index (χ4v) is 5.95. The third-order valence-corrected chi connectivity index (χ3v) is 8.36. The number of amides is 1. The summed E-state index contributed by atoms with van der Waals surface area (Å²) < 4.78 is 8.12. The van der Waals surface area contributed by atoms with Crippen LogP contribution in [0.5, 0.6) is 5.75 Å². The highest BCUT2D eigenvalue weighted by Gasteiger charge is 2.15. The first-order chi connectivity index (χ1) is 19.1. The van der Waals surface area contributed by atoms with Crippen molar-refractivity contribution in [3.8, 4) is 16.3 Å². The molecule has 3 aromatic rings. The van der Waals surface area contributed by atoms with Crippen LogP contribution in [-0.2, 0) is 17.8 Å². The number of anilines is 1. The summed E-state index contributed by atoms with van der Waals surface area (Å²) in [6.07, 6.45) is 18.2. The molecule has 0 fully saturated rings. The number of carbonyl (C=O) groups excluding carboxylic acids is 1. The number of hydrogen-bond acceptors (Lipinski definition) is 3. The smallest absolute Gasteiger partial charge is 0.269 e. The van der Waals surface area contributed by atoms with Gasteiger partial charge in [0, 0.05) is 10.7 Å². The summed E-state index contributed by atoms with van der Waals surface area (Å²) in [6, 6.07) is 13.6. The summed E-state index contributed by atoms with van der Waals surface area (Å²) in [5, 5.41) is 6.84. The van der Waals surface area contributed by atoms with Gasteiger partial charge in [-0.25, -0.2) is 0 Å². The van der Waals surface area contributed by atoms with Gasteiger partial charge >= 0.3 is 0 Å². The zero-order valence-corrected chi connectivity index (χ0v) is 25.4. The van der Waals surface area contributed by atoms with Crippen LogP contribution in [0.15, 0.2) is 54.0 Å². The van der Waals surface area contributed by atoms with Crippen molar-refractivity contribution in [2.45, 2.75) is 104 Å². The number of nitrogens with zero attached hydrogens (tertiary/aromatic N) is 1. The molecule has 39 heavy (non-hydrogen) atoms. The van der Waals surface area contributed by atoms with Crippen LogP contribution in [0.25, 0.3) is 10.6 Å². The van der Waals surface area contributed by atoms with Crippen LogP contribution < -0.4 is 14.6 Å². The highest BCUT2D eigenvalue weighted by atomic mass is 35.5. The van der Waals surface area contributed by atoms with Gasteiger partial charge in [0.25, 0.3) is 5.01 Å². The van der Waals surface area contributed by atoms with E-state index < -0.39 is 0 Å². The minimum Gasteiger partial charge on any atom is -0.494 e. The minimum absolute atomic E-state index is 0.0891. The second-order valence-electron chi connectivity index (χ2n) is 10.3. The maximum Gasteiger partial charge on any atom is 0.269 e. The van der Waals surface area contributed by atoms with Crippen LogP contribution in [0.2, 0.25) is 5.02 Å². The van der Waals surface area contributed by atoms with Crippen molar-refractivity contribution >= 4 is 34.5 Å². The van der Waals surface area contributed by atoms with E-state index >= 15 is 0 Å². The SMILES string of the molecule is CCCCCCCCCCCCCCOc1ccc(CC(=O)Nc2cccc(-c3scc[n+]3CC)c2)c(Cl)c1. The molecule has 1 heterocycles. The molecule has 0 aliphatic heterocycles. The molecule has 0 atom stereocenters. The lowest BCUT2D eigenvalue weighted by Crippen LogP contribution is -2.31. The van der Waals surface area contributed by atoms with Gasteiger partial charge in [-0.15, -0.1) is 0 Å². The number of halogens is 1. The van der Waals surface area contributed by atoms with Gasteiger partial charge in [0.2, 0.25) is 5.91 Å². The zero-order chi connectivity index (χ0) is 27.7. The molecule has 0 radical (unpaired) electrons. The van der Waals surface area contributed by atoms with Crippen molar-refractivity contribution in [3.63, 3.8) is 0 Å². The van der Waals surface area contributed by atoms with Crippen LogP contribution in [-0.4, -0.2) is 12.5 Å². The molecule has 0 aliphatic carbocycles. The molecular weight excluding hydrogens is 524 g/mol. The van der Waals surface area contributed by atoms with Crippen LogP contribution in [0.1, 0.15) is 96.5 Å². The fraction of sp³-hybridized carbons (Fsp3) is 0.515. The van der Waals surface area contributed by atoms with Crippen LogP contribution in [0.3, 0.4) is 0 Å². The van der Waals surface area contributed by atoms with E-state index in [1.807, 2.05) is 36.4 Å². The largest absolute Gasteiger partial charge is 0.494 e. The average Bonchev–Trinajstić information content (AvgIpc) is 3.42. The van der Waals surface area contributed by atoms with E-state index in [9.17, 15) is 4.79 Å². The molecule has 3 rings (SSSR count). The highest BCUT2D eigenvalue weighted by Crippen LogP contribution is 2.26. The van der Waals surface area contributed by atoms with Crippen molar-refractivity contribution in [1.82, 2.24) is 0 Å². The molecule has 1 N–H and O–H groups in total. The van der Waals surface area contributed by atoms with Crippen molar-refractivity contribution in [1.29, 1.82) is 0 Å². The van der Waals surface area contributed by atoms with Crippen molar-refractivity contribution in [2.24, 2.45) is 0 Å². The minimum atomic E-state index is -0.0891. The number of benzene rings is 2. The van der Waals surface area contributed by atoms with Gasteiger partial charge in [0.1, 0.15) is 12.3 Å². The number of hydrogen-bond donors (Lipinski definition) is 1. The first-order valence-corrected chi connectivity index (χ1v) is 16.1. The Morgan fingerprint density at radius 1 is 0.897 bits per heavy atom. The summed E-state index contributed by atoms with van der Waals surface area (Å²) in [5.41, 5.74) is 2.68. The van der Waals surface area contributed by atoms with E-state index in [1.165, 1.54) is 75.6 Å². The van der Waals surface area contributed by atoms with Gasteiger partial charge in [-0.05, 0) is 49.2 Å². The molecule has 0 unspecified atom stereocenters. The van der Waals surface area contributed by atoms with Crippen LogP contribution in [0.4, 0.5) is 5.69 Å². The molecule has 0 aliphatic rings. The molecule has 0 spiro atoms. The van der Waals surface area contributed by atoms with Gasteiger partial charge in [0.05, 0.1) is 24.0 Å². The summed E-state index contributed by atoms with van der Waals surface area (Å²) in [6.45, 7) is 6.01. The van der Waals surface area contributed by atoms with Crippen LogP contribution >= 0.6 is 22.9 Å². The Hall–Kier alpha value is -2.37. The van der Waals surface area contributed by atoms with Crippen molar-refractivity contribution in [2.75, 3.05) is 11.9 Å². The molecule has 6 heteroatoms. The summed E-state index contributed by atoms with van der Waals surface area (Å²) >= 11 is 8.20. The molecule has 212 valence electrons. The Balaban J connectivity index is 1.33. The third kappa shape index (κ3) is 11.3. The Bertz CT molecular complexity index is 1130. The van der Waals surface area contributed by atoms with E-state index in [0.717, 1.165) is 35.5 Å². The Labute approximate surface area is 244 Å². The molecule has 0 bridgehead atoms. The summed E-state index contributed by atoms with van der Waals surface area (Å²) in [7, 11) is 0. The number of aromatic nitrogens is 1. The number of ether oxygens (including phenoxy) is 1. The standard InChI is InChI=1S/C33H45ClN2O2S/c1-3-5-6-7-8-9-10-11-12-13-14-15-22-38-30-20-19-27(31(34)26-30)25-32(37)35-29-18-16-17-28(24-29)33-36(4-2)21-23-39-33/h16-21,23-24,26H,3-15,22,25H2,1-2H3/p+1. The number of aryl methyl sites for hydroxylation is 1. The third-order valence-electron chi connectivity index (χ3n) is 7.06. The second kappa shape index (κ2) is 18.1. The Morgan fingerprint density at radius 2 is 1.59 bits per heavy atom. The van der Waals surface area contributed by atoms with Gasteiger partial charge in [-0.2, -0.15) is 4.57 Å². The van der Waals surface area contributed by atoms with Gasteiger partial charge in [0.15, 0.2) is 6.20 Å². The molecule has 0 saturated heterocycles. The molecular formula is C33H46ClN2O2S+. The Morgan fingerprint density at radius 3 is 2.26 bits per heavy atom. The van der Waals surface area contributed by atoms with Gasteiger partial charge in [-0.1, -0.05) is 113 Å². The van der Waals surface area contributed by atoms with Gasteiger partial charge < -0.3 is 10.1 Å². The lowest BCUT2D eigenvalue weighted by atomic mass is 10.1. The molecule has 0 saturated carbocycles. The lowest BCUT2D eigenvalue weighted by molar-refractivity contribution is -0.678. The topological polar surface area (TPSA) is 42.2 Å². The van der Waals surface area contributed by atoms with E-state index in [2.05, 4.69) is 41.4 Å². The molecule has 4 nitrogen and oxygen atoms in total. The van der Waals surface area contributed by atoms with Crippen molar-refractivity contribution in [3.05, 3.63) is 64.6 Å². The van der Waals surface area contributed by atoms with Gasteiger partial charge in [-0.3, -0.25) is 4.79 Å². The predicted molar refractivity (Wildman–Crippen MR) is 166 cm³/mol. The maximum absolute atomic E-state index is 12.7. The average molecular weight is 570 g/mol. The van der Waals surface area contributed by atoms with E-state index in [4.69, 9.17) is 16.3 Å². The number of unbranched alkanes of at least 4 members (excludes halogenated alkanes) is 11. The second-order valence-corrected chi connectivity index (χ2v) is 11.6. The lowest BCUT2D eigenvalue weighted by Gasteiger charge is -2.10. The number of rotatable bonds is 19. The highest BCUT2D eigenvalue weighted by molar-refractivity contribution is 7.12. The van der Waals surface area contributed by atoms with Crippen LogP contribution in [0, 0.1) is 0 Å². The zero-order valence-electron chi connectivity index (χ0n) is 23.9.